The molecule has 0 bridgehead atoms. The van der Waals surface area contributed by atoms with Gasteiger partial charge >= 0.3 is 0 Å². The van der Waals surface area contributed by atoms with Gasteiger partial charge in [0.05, 0.1) is 6.42 Å². The van der Waals surface area contributed by atoms with Crippen molar-refractivity contribution in [2.75, 3.05) is 0 Å². The molecule has 5 aromatic rings. The van der Waals surface area contributed by atoms with Gasteiger partial charge in [0.1, 0.15) is 46.2 Å². The van der Waals surface area contributed by atoms with Gasteiger partial charge in [-0.05, 0) is 58.1 Å². The molecule has 1 atom stereocenters. The van der Waals surface area contributed by atoms with Crippen molar-refractivity contribution in [3.8, 4) is 34.5 Å². The van der Waals surface area contributed by atoms with Crippen molar-refractivity contribution in [3.05, 3.63) is 141 Å². The third-order valence-corrected chi connectivity index (χ3v) is 8.22. The van der Waals surface area contributed by atoms with Gasteiger partial charge in [0.25, 0.3) is 0 Å². The molecule has 1 aliphatic rings. The first kappa shape index (κ1) is 29.0. The van der Waals surface area contributed by atoms with Gasteiger partial charge in [-0.1, -0.05) is 72.3 Å². The van der Waals surface area contributed by atoms with Gasteiger partial charge in [-0.3, -0.25) is 4.79 Å². The molecule has 0 unspecified atom stereocenters. The molecule has 0 spiro atoms. The first-order valence-electron chi connectivity index (χ1n) is 14.1. The highest BCUT2D eigenvalue weighted by Crippen LogP contribution is 2.50. The fourth-order valence-corrected chi connectivity index (χ4v) is 5.88. The second-order valence-electron chi connectivity index (χ2n) is 10.9. The van der Waals surface area contributed by atoms with Crippen LogP contribution in [0.25, 0.3) is 0 Å². The molecule has 8 heteroatoms. The predicted octanol–water partition coefficient (Wildman–Crippen LogP) is 7.35. The minimum atomic E-state index is -0.632. The van der Waals surface area contributed by atoms with Gasteiger partial charge in [-0.25, -0.2) is 0 Å². The number of hydrogen-bond acceptors (Lipinski definition) is 7. The van der Waals surface area contributed by atoms with Crippen LogP contribution in [0, 0.1) is 0 Å². The maximum atomic E-state index is 13.6. The average Bonchev–Trinajstić information content (AvgIpc) is 3.01. The van der Waals surface area contributed by atoms with Crippen molar-refractivity contribution in [1.82, 2.24) is 0 Å². The molecule has 1 heterocycles. The van der Waals surface area contributed by atoms with E-state index in [-0.39, 0.29) is 70.5 Å². The zero-order chi connectivity index (χ0) is 31.0. The number of para-hydroxylation sites is 1. The van der Waals surface area contributed by atoms with E-state index in [1.807, 2.05) is 30.3 Å². The fourth-order valence-electron chi connectivity index (χ4n) is 5.69. The molecule has 0 amide bonds. The lowest BCUT2D eigenvalue weighted by Gasteiger charge is -2.30. The van der Waals surface area contributed by atoms with Crippen molar-refractivity contribution >= 4 is 17.4 Å². The summed E-state index contributed by atoms with van der Waals surface area (Å²) >= 11 is 6.12. The fraction of sp³-hybridized carbons (Fsp3) is 0.139. The largest absolute Gasteiger partial charge is 0.508 e. The number of fused-ring (bicyclic) bond motifs is 1. The van der Waals surface area contributed by atoms with E-state index in [9.17, 15) is 30.3 Å². The number of carbonyl (C=O) groups excluding carboxylic acids is 1. The highest BCUT2D eigenvalue weighted by molar-refractivity contribution is 6.30. The Balaban J connectivity index is 1.44. The molecule has 6 rings (SSSR count). The van der Waals surface area contributed by atoms with Crippen molar-refractivity contribution in [3.63, 3.8) is 0 Å². The Morgan fingerprint density at radius 3 is 2.05 bits per heavy atom. The summed E-state index contributed by atoms with van der Waals surface area (Å²) in [6.45, 7) is 0. The van der Waals surface area contributed by atoms with Crippen LogP contribution in [0.2, 0.25) is 5.02 Å². The zero-order valence-corrected chi connectivity index (χ0v) is 24.3. The molecule has 5 N–H and O–H groups in total. The summed E-state index contributed by atoms with van der Waals surface area (Å²) in [7, 11) is 0. The molecule has 0 saturated heterocycles. The number of phenolic OH excluding ortho intramolecular Hbond substituents is 5. The number of halogens is 1. The first-order chi connectivity index (χ1) is 21.2. The molecule has 5 aromatic carbocycles. The van der Waals surface area contributed by atoms with Crippen LogP contribution in [-0.2, 0) is 19.3 Å². The summed E-state index contributed by atoms with van der Waals surface area (Å²) < 4.78 is 6.32. The quantitative estimate of drug-likeness (QED) is 0.131. The van der Waals surface area contributed by atoms with Crippen molar-refractivity contribution < 1.29 is 35.1 Å². The molecule has 0 aromatic heterocycles. The number of Topliss-reactive ketones (excluding diaryl/α,β-unsaturated/α-hetero) is 1. The van der Waals surface area contributed by atoms with Crippen molar-refractivity contribution in [1.29, 1.82) is 0 Å². The number of ether oxygens (including phenoxy) is 1. The van der Waals surface area contributed by atoms with Gasteiger partial charge in [0.15, 0.2) is 5.78 Å². The third kappa shape index (κ3) is 5.62. The topological polar surface area (TPSA) is 127 Å². The minimum absolute atomic E-state index is 0.00614. The van der Waals surface area contributed by atoms with Gasteiger partial charge in [-0.2, -0.15) is 0 Å². The molecule has 1 aliphatic heterocycles. The second-order valence-corrected chi connectivity index (χ2v) is 11.3. The van der Waals surface area contributed by atoms with E-state index in [4.69, 9.17) is 16.3 Å². The number of hydrogen-bond donors (Lipinski definition) is 5. The van der Waals surface area contributed by atoms with Crippen LogP contribution in [0.5, 0.6) is 34.5 Å². The summed E-state index contributed by atoms with van der Waals surface area (Å²) in [4.78, 5) is 13.6. The lowest BCUT2D eigenvalue weighted by molar-refractivity contribution is 0.0842. The van der Waals surface area contributed by atoms with Crippen LogP contribution in [0.4, 0.5) is 0 Å². The van der Waals surface area contributed by atoms with Crippen LogP contribution >= 0.6 is 11.6 Å². The lowest BCUT2D eigenvalue weighted by Crippen LogP contribution is -2.22. The molecular formula is C36H29ClO7. The molecular weight excluding hydrogens is 580 g/mol. The van der Waals surface area contributed by atoms with E-state index in [1.165, 1.54) is 18.2 Å². The van der Waals surface area contributed by atoms with E-state index in [1.54, 1.807) is 42.5 Å². The van der Waals surface area contributed by atoms with Crippen LogP contribution in [0.1, 0.15) is 61.8 Å². The first-order valence-corrected chi connectivity index (χ1v) is 14.5. The number of aromatic hydroxyl groups is 5. The summed E-state index contributed by atoms with van der Waals surface area (Å²) in [6.07, 6.45) is -0.437. The van der Waals surface area contributed by atoms with Crippen molar-refractivity contribution in [2.24, 2.45) is 0 Å². The maximum Gasteiger partial charge on any atom is 0.174 e. The van der Waals surface area contributed by atoms with E-state index in [0.717, 1.165) is 11.1 Å². The Hall–Kier alpha value is -5.14. The molecule has 7 nitrogen and oxygen atoms in total. The summed E-state index contributed by atoms with van der Waals surface area (Å²) in [5.41, 5.74) is 3.22. The molecule has 0 saturated carbocycles. The van der Waals surface area contributed by atoms with Crippen LogP contribution in [-0.4, -0.2) is 31.3 Å². The lowest BCUT2D eigenvalue weighted by atomic mass is 9.87. The second kappa shape index (κ2) is 11.9. The highest BCUT2D eigenvalue weighted by Gasteiger charge is 2.36. The summed E-state index contributed by atoms with van der Waals surface area (Å²) in [6, 6.07) is 25.6. The zero-order valence-electron chi connectivity index (χ0n) is 23.5. The number of benzene rings is 5. The number of carbonyl (C=O) groups is 1. The monoisotopic (exact) mass is 608 g/mol. The normalized spacial score (nSPS) is 14.2. The van der Waals surface area contributed by atoms with E-state index in [2.05, 4.69) is 0 Å². The van der Waals surface area contributed by atoms with E-state index < -0.39 is 11.9 Å². The Kier molecular flexibility index (Phi) is 7.80. The Labute approximate surface area is 258 Å². The third-order valence-electron chi connectivity index (χ3n) is 7.98. The van der Waals surface area contributed by atoms with Crippen LogP contribution in [0.15, 0.2) is 91.0 Å². The van der Waals surface area contributed by atoms with Gasteiger partial charge < -0.3 is 30.3 Å². The number of rotatable bonds is 7. The van der Waals surface area contributed by atoms with E-state index in [0.29, 0.717) is 28.1 Å². The Morgan fingerprint density at radius 1 is 0.659 bits per heavy atom. The molecule has 44 heavy (non-hydrogen) atoms. The van der Waals surface area contributed by atoms with Crippen LogP contribution < -0.4 is 4.74 Å². The minimum Gasteiger partial charge on any atom is -0.508 e. The molecule has 222 valence electrons. The summed E-state index contributed by atoms with van der Waals surface area (Å²) in [5.74, 6) is -1.01. The Bertz CT molecular complexity index is 1880. The van der Waals surface area contributed by atoms with Gasteiger partial charge in [0, 0.05) is 35.4 Å². The Morgan fingerprint density at radius 2 is 1.30 bits per heavy atom. The smallest absolute Gasteiger partial charge is 0.174 e. The molecule has 0 radical (unpaired) electrons. The standard InChI is InChI=1S/C36H29ClO7/c37-25-11-13-30(40)23(16-25)14-20-10-12-29(39)24(15-20)18-26-34(42)27(17-22-8-4-5-9-28(22)38)36-33(35(26)43)31(41)19-32(44-36)21-6-2-1-3-7-21/h1-13,15-16,32,38-40,42-43H,14,17-19H2/t32-/m0/s1. The molecule has 0 fully saturated rings. The van der Waals surface area contributed by atoms with Gasteiger partial charge in [0.2, 0.25) is 0 Å². The van der Waals surface area contributed by atoms with Crippen molar-refractivity contribution in [2.45, 2.75) is 31.8 Å². The number of ketones is 1. The predicted molar refractivity (Wildman–Crippen MR) is 166 cm³/mol. The van der Waals surface area contributed by atoms with E-state index >= 15 is 0 Å². The average molecular weight is 609 g/mol. The van der Waals surface area contributed by atoms with Crippen LogP contribution in [0.3, 0.4) is 0 Å². The highest BCUT2D eigenvalue weighted by atomic mass is 35.5. The molecule has 0 aliphatic carbocycles. The SMILES string of the molecule is O=C1C[C@@H](c2ccccc2)Oc2c(Cc3ccccc3O)c(O)c(Cc3cc(Cc4cc(Cl)ccc4O)ccc3O)c(O)c21. The maximum absolute atomic E-state index is 13.6. The van der Waals surface area contributed by atoms with Gasteiger partial charge in [-0.15, -0.1) is 0 Å². The number of phenols is 5. The summed E-state index contributed by atoms with van der Waals surface area (Å²) in [5, 5.41) is 55.2.